The van der Waals surface area contributed by atoms with Gasteiger partial charge in [-0.2, -0.15) is 0 Å². The molecule has 2 amide bonds. The molecule has 3 heterocycles. The number of pyridine rings is 1. The Kier molecular flexibility index (Phi) is 4.76. The number of carbonyl (C=O) groups is 2. The number of rotatable bonds is 3. The normalized spacial score (nSPS) is 14.1. The maximum atomic E-state index is 12.7. The highest BCUT2D eigenvalue weighted by Crippen LogP contribution is 2.19. The predicted octanol–water partition coefficient (Wildman–Crippen LogP) is 1.57. The van der Waals surface area contributed by atoms with Crippen molar-refractivity contribution in [3.63, 3.8) is 0 Å². The molecule has 1 aromatic carbocycles. The summed E-state index contributed by atoms with van der Waals surface area (Å²) in [7, 11) is 0. The van der Waals surface area contributed by atoms with Crippen LogP contribution in [0.15, 0.2) is 61.3 Å². The van der Waals surface area contributed by atoms with E-state index in [1.165, 1.54) is 6.07 Å². The van der Waals surface area contributed by atoms with Gasteiger partial charge in [0.15, 0.2) is 0 Å². The van der Waals surface area contributed by atoms with Crippen LogP contribution in [0.2, 0.25) is 0 Å². The summed E-state index contributed by atoms with van der Waals surface area (Å²) in [6.45, 7) is 1.70. The van der Waals surface area contributed by atoms with E-state index in [0.29, 0.717) is 37.6 Å². The number of nitrogens with zero attached hydrogens (tertiary/aromatic N) is 5. The molecule has 142 valence electrons. The second-order valence-electron chi connectivity index (χ2n) is 6.48. The first kappa shape index (κ1) is 17.7. The van der Waals surface area contributed by atoms with Gasteiger partial charge in [-0.05, 0) is 24.3 Å². The van der Waals surface area contributed by atoms with E-state index in [0.717, 1.165) is 0 Å². The molecule has 8 nitrogen and oxygen atoms in total. The fourth-order valence-electron chi connectivity index (χ4n) is 3.18. The van der Waals surface area contributed by atoms with Gasteiger partial charge in [-0.3, -0.25) is 14.2 Å². The SMILES string of the molecule is O=C(c1ccc(-n2ccnc2)nc1)N1CCN(C(=O)c2ccccc2O)CC1. The first-order valence-electron chi connectivity index (χ1n) is 8.94. The maximum Gasteiger partial charge on any atom is 0.257 e. The van der Waals surface area contributed by atoms with Gasteiger partial charge in [-0.15, -0.1) is 0 Å². The highest BCUT2D eigenvalue weighted by Gasteiger charge is 2.26. The molecule has 0 unspecified atom stereocenters. The first-order chi connectivity index (χ1) is 13.6. The molecular formula is C20H19N5O3. The number of phenols is 1. The molecular weight excluding hydrogens is 358 g/mol. The van der Waals surface area contributed by atoms with E-state index in [4.69, 9.17) is 0 Å². The summed E-state index contributed by atoms with van der Waals surface area (Å²) in [5.41, 5.74) is 0.783. The smallest absolute Gasteiger partial charge is 0.257 e. The zero-order chi connectivity index (χ0) is 19.5. The van der Waals surface area contributed by atoms with Crippen molar-refractivity contribution in [3.8, 4) is 11.6 Å². The van der Waals surface area contributed by atoms with Gasteiger partial charge in [0, 0.05) is 44.8 Å². The number of hydrogen-bond donors (Lipinski definition) is 1. The Morgan fingerprint density at radius 1 is 0.929 bits per heavy atom. The second kappa shape index (κ2) is 7.51. The number of benzene rings is 1. The van der Waals surface area contributed by atoms with Crippen molar-refractivity contribution < 1.29 is 14.7 Å². The van der Waals surface area contributed by atoms with E-state index in [9.17, 15) is 14.7 Å². The number of imidazole rings is 1. The van der Waals surface area contributed by atoms with Gasteiger partial charge in [0.05, 0.1) is 11.1 Å². The third-order valence-corrected chi connectivity index (χ3v) is 4.75. The summed E-state index contributed by atoms with van der Waals surface area (Å²) in [5, 5.41) is 9.87. The standard InChI is InChI=1S/C20H19N5O3/c26-17-4-2-1-3-16(17)20(28)24-11-9-23(10-12-24)19(27)15-5-6-18(22-13-15)25-8-7-21-14-25/h1-8,13-14,26H,9-12H2. The van der Waals surface area contributed by atoms with Crippen LogP contribution in [0.5, 0.6) is 5.75 Å². The summed E-state index contributed by atoms with van der Waals surface area (Å²) in [5.74, 6) is 0.318. The van der Waals surface area contributed by atoms with Crippen molar-refractivity contribution in [3.05, 3.63) is 72.4 Å². The van der Waals surface area contributed by atoms with E-state index in [-0.39, 0.29) is 23.1 Å². The van der Waals surface area contributed by atoms with Crippen LogP contribution in [0.3, 0.4) is 0 Å². The van der Waals surface area contributed by atoms with E-state index < -0.39 is 0 Å². The first-order valence-corrected chi connectivity index (χ1v) is 8.94. The average Bonchev–Trinajstić information content (AvgIpc) is 3.28. The van der Waals surface area contributed by atoms with Crippen LogP contribution in [0, 0.1) is 0 Å². The highest BCUT2D eigenvalue weighted by molar-refractivity contribution is 5.97. The monoisotopic (exact) mass is 377 g/mol. The molecule has 0 atom stereocenters. The van der Waals surface area contributed by atoms with Crippen LogP contribution < -0.4 is 0 Å². The van der Waals surface area contributed by atoms with Crippen molar-refractivity contribution in [2.24, 2.45) is 0 Å². The maximum absolute atomic E-state index is 12.7. The zero-order valence-electron chi connectivity index (χ0n) is 15.1. The summed E-state index contributed by atoms with van der Waals surface area (Å²) < 4.78 is 1.76. The van der Waals surface area contributed by atoms with E-state index in [2.05, 4.69) is 9.97 Å². The van der Waals surface area contributed by atoms with E-state index in [1.54, 1.807) is 69.6 Å². The molecule has 0 saturated carbocycles. The minimum absolute atomic E-state index is 0.0323. The van der Waals surface area contributed by atoms with Crippen LogP contribution in [-0.4, -0.2) is 67.4 Å². The van der Waals surface area contributed by atoms with E-state index >= 15 is 0 Å². The summed E-state index contributed by atoms with van der Waals surface area (Å²) in [6.07, 6.45) is 6.64. The Hall–Kier alpha value is -3.68. The van der Waals surface area contributed by atoms with Gasteiger partial charge < -0.3 is 14.9 Å². The largest absolute Gasteiger partial charge is 0.507 e. The predicted molar refractivity (Wildman–Crippen MR) is 101 cm³/mol. The third-order valence-electron chi connectivity index (χ3n) is 4.75. The summed E-state index contributed by atoms with van der Waals surface area (Å²) in [6, 6.07) is 10.00. The van der Waals surface area contributed by atoms with Gasteiger partial charge in [-0.1, -0.05) is 12.1 Å². The molecule has 3 aromatic rings. The average molecular weight is 377 g/mol. The van der Waals surface area contributed by atoms with Gasteiger partial charge in [0.2, 0.25) is 0 Å². The molecule has 1 N–H and O–H groups in total. The fraction of sp³-hybridized carbons (Fsp3) is 0.200. The lowest BCUT2D eigenvalue weighted by atomic mass is 10.1. The minimum atomic E-state index is -0.225. The fourth-order valence-corrected chi connectivity index (χ4v) is 3.18. The van der Waals surface area contributed by atoms with Gasteiger partial charge in [-0.25, -0.2) is 9.97 Å². The lowest BCUT2D eigenvalue weighted by molar-refractivity contribution is 0.0533. The van der Waals surface area contributed by atoms with Crippen molar-refractivity contribution in [1.82, 2.24) is 24.3 Å². The van der Waals surface area contributed by atoms with Crippen LogP contribution in [0.4, 0.5) is 0 Å². The van der Waals surface area contributed by atoms with Crippen molar-refractivity contribution >= 4 is 11.8 Å². The number of aromatic nitrogens is 3. The Bertz CT molecular complexity index is 977. The van der Waals surface area contributed by atoms with Crippen LogP contribution >= 0.6 is 0 Å². The Labute approximate surface area is 161 Å². The second-order valence-corrected chi connectivity index (χ2v) is 6.48. The molecule has 1 saturated heterocycles. The van der Waals surface area contributed by atoms with Crippen LogP contribution in [0.1, 0.15) is 20.7 Å². The number of amides is 2. The van der Waals surface area contributed by atoms with Crippen molar-refractivity contribution in [2.75, 3.05) is 26.2 Å². The zero-order valence-corrected chi connectivity index (χ0v) is 15.1. The Morgan fingerprint density at radius 3 is 2.25 bits per heavy atom. The summed E-state index contributed by atoms with van der Waals surface area (Å²) >= 11 is 0. The molecule has 1 aliphatic heterocycles. The lowest BCUT2D eigenvalue weighted by Crippen LogP contribution is -2.50. The van der Waals surface area contributed by atoms with Gasteiger partial charge in [0.1, 0.15) is 17.9 Å². The minimum Gasteiger partial charge on any atom is -0.507 e. The number of para-hydroxylation sites is 1. The van der Waals surface area contributed by atoms with Crippen molar-refractivity contribution in [2.45, 2.75) is 0 Å². The van der Waals surface area contributed by atoms with Gasteiger partial charge in [0.25, 0.3) is 11.8 Å². The van der Waals surface area contributed by atoms with E-state index in [1.807, 2.05) is 0 Å². The Morgan fingerprint density at radius 2 is 1.64 bits per heavy atom. The molecule has 28 heavy (non-hydrogen) atoms. The Balaban J connectivity index is 1.39. The number of piperazine rings is 1. The van der Waals surface area contributed by atoms with Crippen LogP contribution in [-0.2, 0) is 0 Å². The molecule has 2 aromatic heterocycles. The molecule has 0 spiro atoms. The summed E-state index contributed by atoms with van der Waals surface area (Å²) in [4.78, 5) is 36.9. The number of phenolic OH excluding ortho intramolecular Hbond substituents is 1. The van der Waals surface area contributed by atoms with Gasteiger partial charge >= 0.3 is 0 Å². The number of carbonyl (C=O) groups excluding carboxylic acids is 2. The molecule has 1 aliphatic rings. The number of aromatic hydroxyl groups is 1. The quantitative estimate of drug-likeness (QED) is 0.748. The topological polar surface area (TPSA) is 91.6 Å². The highest BCUT2D eigenvalue weighted by atomic mass is 16.3. The molecule has 8 heteroatoms. The molecule has 0 bridgehead atoms. The van der Waals surface area contributed by atoms with Crippen molar-refractivity contribution in [1.29, 1.82) is 0 Å². The number of hydrogen-bond acceptors (Lipinski definition) is 5. The molecule has 0 aliphatic carbocycles. The molecule has 1 fully saturated rings. The third kappa shape index (κ3) is 3.44. The lowest BCUT2D eigenvalue weighted by Gasteiger charge is -2.34. The van der Waals surface area contributed by atoms with Crippen LogP contribution in [0.25, 0.3) is 5.82 Å². The molecule has 0 radical (unpaired) electrons. The molecule has 4 rings (SSSR count).